The van der Waals surface area contributed by atoms with E-state index in [2.05, 4.69) is 0 Å². The van der Waals surface area contributed by atoms with Crippen molar-refractivity contribution in [2.45, 2.75) is 19.9 Å². The van der Waals surface area contributed by atoms with Crippen LogP contribution in [0.4, 0.5) is 0 Å². The molecule has 1 unspecified atom stereocenters. The summed E-state index contributed by atoms with van der Waals surface area (Å²) in [6.07, 6.45) is 1.12. The lowest BCUT2D eigenvalue weighted by molar-refractivity contribution is 0.0526. The summed E-state index contributed by atoms with van der Waals surface area (Å²) in [5.74, 6) is 0.0863. The number of carbonyl (C=O) groups excluding carboxylic acids is 1. The van der Waals surface area contributed by atoms with E-state index in [-0.39, 0.29) is 17.9 Å². The van der Waals surface area contributed by atoms with Crippen LogP contribution < -0.4 is 15.2 Å². The van der Waals surface area contributed by atoms with Crippen molar-refractivity contribution in [2.75, 3.05) is 32.3 Å². The summed E-state index contributed by atoms with van der Waals surface area (Å²) in [5.41, 5.74) is 1.40. The Morgan fingerprint density at radius 2 is 1.76 bits per heavy atom. The Hall–Kier alpha value is -3.27. The van der Waals surface area contributed by atoms with Crippen molar-refractivity contribution in [3.05, 3.63) is 58.0 Å². The van der Waals surface area contributed by atoms with Crippen LogP contribution in [0.5, 0.6) is 11.5 Å². The van der Waals surface area contributed by atoms with E-state index in [0.717, 1.165) is 6.26 Å². The molecule has 1 heterocycles. The number of hydrogen-bond acceptors (Lipinski definition) is 7. The number of benzene rings is 2. The van der Waals surface area contributed by atoms with Gasteiger partial charge in [-0.15, -0.1) is 0 Å². The van der Waals surface area contributed by atoms with Crippen LogP contribution in [0.2, 0.25) is 0 Å². The fourth-order valence-corrected chi connectivity index (χ4v) is 4.70. The first-order valence-corrected chi connectivity index (χ1v) is 12.5. The molecule has 0 N–H and O–H groups in total. The zero-order chi connectivity index (χ0) is 24.3. The molecular weight excluding hydrogens is 448 g/mol. The molecule has 3 aromatic rings. The first-order valence-electron chi connectivity index (χ1n) is 10.5. The van der Waals surface area contributed by atoms with Gasteiger partial charge in [-0.1, -0.05) is 6.07 Å². The molecule has 10 heteroatoms. The number of esters is 1. The van der Waals surface area contributed by atoms with Gasteiger partial charge in [-0.25, -0.2) is 18.0 Å². The van der Waals surface area contributed by atoms with E-state index in [9.17, 15) is 18.0 Å². The first kappa shape index (κ1) is 24.4. The molecule has 1 aromatic heterocycles. The molecule has 0 bridgehead atoms. The second-order valence-corrected chi connectivity index (χ2v) is 9.77. The van der Waals surface area contributed by atoms with Gasteiger partial charge in [-0.2, -0.15) is 0 Å². The molecule has 1 atom stereocenters. The fourth-order valence-electron chi connectivity index (χ4n) is 3.79. The Morgan fingerprint density at radius 1 is 1.03 bits per heavy atom. The van der Waals surface area contributed by atoms with Crippen LogP contribution in [0.3, 0.4) is 0 Å². The van der Waals surface area contributed by atoms with Crippen LogP contribution >= 0.6 is 0 Å². The van der Waals surface area contributed by atoms with Gasteiger partial charge in [0.2, 0.25) is 0 Å². The number of sulfone groups is 1. The largest absolute Gasteiger partial charge is 0.493 e. The van der Waals surface area contributed by atoms with Gasteiger partial charge in [0.25, 0.3) is 0 Å². The molecule has 0 fully saturated rings. The average molecular weight is 477 g/mol. The predicted octanol–water partition coefficient (Wildman–Crippen LogP) is 2.56. The molecule has 0 aliphatic rings. The lowest BCUT2D eigenvalue weighted by Crippen LogP contribution is -2.30. The SMILES string of the molecule is CCOC(=O)c1ccc2c(c1)n(C(CS(C)(=O)=O)c1ccc(OC)c(OCC)c1)c(=O)n2C. The lowest BCUT2D eigenvalue weighted by atomic mass is 10.1. The van der Waals surface area contributed by atoms with Crippen molar-refractivity contribution >= 4 is 26.8 Å². The number of imidazole rings is 1. The summed E-state index contributed by atoms with van der Waals surface area (Å²) in [5, 5.41) is 0. The molecule has 0 radical (unpaired) electrons. The van der Waals surface area contributed by atoms with E-state index in [1.54, 1.807) is 50.4 Å². The van der Waals surface area contributed by atoms with Gasteiger partial charge in [0.05, 0.1) is 48.7 Å². The Morgan fingerprint density at radius 3 is 2.36 bits per heavy atom. The zero-order valence-corrected chi connectivity index (χ0v) is 20.1. The summed E-state index contributed by atoms with van der Waals surface area (Å²) >= 11 is 0. The summed E-state index contributed by atoms with van der Waals surface area (Å²) in [7, 11) is -0.393. The Kier molecular flexibility index (Phi) is 7.16. The summed E-state index contributed by atoms with van der Waals surface area (Å²) in [4.78, 5) is 25.6. The van der Waals surface area contributed by atoms with Gasteiger partial charge < -0.3 is 14.2 Å². The number of aromatic nitrogens is 2. The Balaban J connectivity index is 2.29. The van der Waals surface area contributed by atoms with Crippen molar-refractivity contribution in [3.63, 3.8) is 0 Å². The number of aryl methyl sites for hydroxylation is 1. The average Bonchev–Trinajstić information content (AvgIpc) is 3.01. The van der Waals surface area contributed by atoms with E-state index < -0.39 is 27.5 Å². The fraction of sp³-hybridized carbons (Fsp3) is 0.391. The highest BCUT2D eigenvalue weighted by molar-refractivity contribution is 7.90. The summed E-state index contributed by atoms with van der Waals surface area (Å²) in [6.45, 7) is 4.12. The van der Waals surface area contributed by atoms with E-state index >= 15 is 0 Å². The molecule has 3 rings (SSSR count). The van der Waals surface area contributed by atoms with E-state index in [4.69, 9.17) is 14.2 Å². The van der Waals surface area contributed by atoms with Crippen molar-refractivity contribution in [2.24, 2.45) is 7.05 Å². The van der Waals surface area contributed by atoms with Gasteiger partial charge in [0, 0.05) is 13.3 Å². The molecule has 178 valence electrons. The maximum Gasteiger partial charge on any atom is 0.338 e. The van der Waals surface area contributed by atoms with Crippen LogP contribution in [-0.4, -0.2) is 55.9 Å². The Bertz CT molecular complexity index is 1340. The summed E-state index contributed by atoms with van der Waals surface area (Å²) < 4.78 is 43.7. The van der Waals surface area contributed by atoms with Crippen molar-refractivity contribution in [1.29, 1.82) is 0 Å². The second-order valence-electron chi connectivity index (χ2n) is 7.59. The van der Waals surface area contributed by atoms with Crippen LogP contribution in [0.1, 0.15) is 35.8 Å². The summed E-state index contributed by atoms with van der Waals surface area (Å²) in [6, 6.07) is 8.98. The van der Waals surface area contributed by atoms with Gasteiger partial charge in [-0.05, 0) is 49.7 Å². The van der Waals surface area contributed by atoms with E-state index in [0.29, 0.717) is 34.7 Å². The van der Waals surface area contributed by atoms with Gasteiger partial charge in [-0.3, -0.25) is 9.13 Å². The minimum absolute atomic E-state index is 0.210. The number of rotatable bonds is 9. The molecule has 0 spiro atoms. The number of carbonyl (C=O) groups is 1. The highest BCUT2D eigenvalue weighted by atomic mass is 32.2. The number of ether oxygens (including phenoxy) is 3. The predicted molar refractivity (Wildman–Crippen MR) is 125 cm³/mol. The van der Waals surface area contributed by atoms with Gasteiger partial charge >= 0.3 is 11.7 Å². The molecule has 9 nitrogen and oxygen atoms in total. The van der Waals surface area contributed by atoms with Crippen LogP contribution in [0.25, 0.3) is 11.0 Å². The van der Waals surface area contributed by atoms with Crippen molar-refractivity contribution in [3.8, 4) is 11.5 Å². The van der Waals surface area contributed by atoms with Crippen LogP contribution in [0.15, 0.2) is 41.2 Å². The number of fused-ring (bicyclic) bond motifs is 1. The normalized spacial score (nSPS) is 12.5. The van der Waals surface area contributed by atoms with Crippen molar-refractivity contribution in [1.82, 2.24) is 9.13 Å². The highest BCUT2D eigenvalue weighted by Gasteiger charge is 2.26. The van der Waals surface area contributed by atoms with Crippen LogP contribution in [-0.2, 0) is 21.6 Å². The molecule has 33 heavy (non-hydrogen) atoms. The number of methoxy groups -OCH3 is 1. The van der Waals surface area contributed by atoms with E-state index in [1.807, 2.05) is 6.92 Å². The van der Waals surface area contributed by atoms with Gasteiger partial charge in [0.1, 0.15) is 9.84 Å². The Labute approximate surface area is 192 Å². The second kappa shape index (κ2) is 9.70. The molecule has 0 amide bonds. The molecule has 0 aliphatic heterocycles. The topological polar surface area (TPSA) is 106 Å². The standard InChI is InChI=1S/C23H28N2O7S/c1-6-31-21-13-15(9-11-20(21)30-4)19(14-33(5,28)29)25-18-12-16(22(26)32-7-2)8-10-17(18)24(3)23(25)27/h8-13,19H,6-7,14H2,1-5H3. The molecule has 0 aliphatic carbocycles. The zero-order valence-electron chi connectivity index (χ0n) is 19.3. The maximum absolute atomic E-state index is 13.3. The number of nitrogens with zero attached hydrogens (tertiary/aromatic N) is 2. The molecular formula is C23H28N2O7S. The minimum atomic E-state index is -3.50. The third-order valence-corrected chi connectivity index (χ3v) is 6.17. The van der Waals surface area contributed by atoms with Crippen LogP contribution in [0, 0.1) is 0 Å². The third-order valence-electron chi connectivity index (χ3n) is 5.25. The quantitative estimate of drug-likeness (QED) is 0.437. The monoisotopic (exact) mass is 476 g/mol. The van der Waals surface area contributed by atoms with E-state index in [1.165, 1.54) is 16.2 Å². The number of hydrogen-bond donors (Lipinski definition) is 0. The lowest BCUT2D eigenvalue weighted by Gasteiger charge is -2.20. The third kappa shape index (κ3) is 5.05. The minimum Gasteiger partial charge on any atom is -0.493 e. The molecule has 0 saturated carbocycles. The molecule has 0 saturated heterocycles. The molecule has 2 aromatic carbocycles. The smallest absolute Gasteiger partial charge is 0.338 e. The first-order chi connectivity index (χ1) is 15.6. The van der Waals surface area contributed by atoms with Gasteiger partial charge in [0.15, 0.2) is 11.5 Å². The van der Waals surface area contributed by atoms with Crippen molar-refractivity contribution < 1.29 is 27.4 Å². The highest BCUT2D eigenvalue weighted by Crippen LogP contribution is 2.33. The maximum atomic E-state index is 13.3.